The number of nitrogens with two attached hydrogens (primary N) is 2. The lowest BCUT2D eigenvalue weighted by Crippen LogP contribution is -2.57. The van der Waals surface area contributed by atoms with E-state index in [2.05, 4.69) is 31.9 Å². The highest BCUT2D eigenvalue weighted by Gasteiger charge is 2.28. The highest BCUT2D eigenvalue weighted by atomic mass is 16.4. The number of nitrogens with one attached hydrogen (secondary N) is 7. The van der Waals surface area contributed by atoms with E-state index in [0.29, 0.717) is 18.5 Å². The quantitative estimate of drug-likeness (QED) is 0.0424. The number of benzene rings is 1. The monoisotopic (exact) mass is 635 g/mol. The second kappa shape index (κ2) is 19.4. The second-order valence-corrected chi connectivity index (χ2v) is 10.8. The number of carbonyl (C=O) groups excluding carboxylic acids is 5. The summed E-state index contributed by atoms with van der Waals surface area (Å²) in [5.41, 5.74) is 11.6. The standard InChI is InChI=1S/C28H45N9O8/c1-15(2)11-20(26(44)34-14-23(40)41)37-24(42)16(3)35-27(45)21(12-17-6-8-18(38)9-7-17)36-22(39)13-33-25(43)19(29)5-4-10-32-28(30)31/h6-9,15-16,19-21,38H,4-5,10-14,29H2,1-3H3,(H,33,43)(H,34,44)(H,35,45)(H,36,39)(H,37,42)(H,40,41)(H4,30,31,32)/t16-,19-,20-,21-/m0/s1. The maximum atomic E-state index is 13.2. The fraction of sp³-hybridized carbons (Fsp3) is 0.536. The van der Waals surface area contributed by atoms with Gasteiger partial charge in [0.1, 0.15) is 30.4 Å². The highest BCUT2D eigenvalue weighted by molar-refractivity contribution is 5.95. The molecular weight excluding hydrogens is 590 g/mol. The summed E-state index contributed by atoms with van der Waals surface area (Å²) >= 11 is 0. The molecule has 250 valence electrons. The highest BCUT2D eigenvalue weighted by Crippen LogP contribution is 2.12. The molecule has 0 saturated heterocycles. The molecule has 1 aromatic carbocycles. The van der Waals surface area contributed by atoms with Crippen LogP contribution in [0, 0.1) is 11.3 Å². The number of hydrogen-bond acceptors (Lipinski definition) is 9. The van der Waals surface area contributed by atoms with Crippen LogP contribution in [-0.4, -0.2) is 95.5 Å². The summed E-state index contributed by atoms with van der Waals surface area (Å²) in [6, 6.07) is 1.56. The molecule has 13 N–H and O–H groups in total. The molecule has 17 nitrogen and oxygen atoms in total. The number of aliphatic carboxylic acids is 1. The lowest BCUT2D eigenvalue weighted by atomic mass is 10.0. The maximum absolute atomic E-state index is 13.2. The predicted octanol–water partition coefficient (Wildman–Crippen LogP) is -2.64. The molecule has 0 unspecified atom stereocenters. The number of guanidine groups is 1. The zero-order valence-electron chi connectivity index (χ0n) is 25.6. The Kier molecular flexibility index (Phi) is 16.4. The Bertz CT molecular complexity index is 1190. The molecule has 0 fully saturated rings. The second-order valence-electron chi connectivity index (χ2n) is 10.8. The molecular formula is C28H45N9O8. The van der Waals surface area contributed by atoms with Crippen molar-refractivity contribution in [2.75, 3.05) is 19.6 Å². The lowest BCUT2D eigenvalue weighted by Gasteiger charge is -2.24. The first kappa shape index (κ1) is 38.1. The Morgan fingerprint density at radius 1 is 0.822 bits per heavy atom. The molecule has 0 aliphatic heterocycles. The van der Waals surface area contributed by atoms with Crippen LogP contribution in [0.2, 0.25) is 0 Å². The van der Waals surface area contributed by atoms with Crippen LogP contribution in [0.5, 0.6) is 5.75 Å². The maximum Gasteiger partial charge on any atom is 0.322 e. The van der Waals surface area contributed by atoms with Crippen LogP contribution in [0.1, 0.15) is 45.6 Å². The Hall–Kier alpha value is -4.93. The van der Waals surface area contributed by atoms with E-state index in [4.69, 9.17) is 22.0 Å². The zero-order valence-corrected chi connectivity index (χ0v) is 25.6. The normalized spacial score (nSPS) is 13.4. The van der Waals surface area contributed by atoms with E-state index in [1.54, 1.807) is 12.1 Å². The van der Waals surface area contributed by atoms with Crippen molar-refractivity contribution in [1.82, 2.24) is 31.9 Å². The largest absolute Gasteiger partial charge is 0.508 e. The van der Waals surface area contributed by atoms with Crippen LogP contribution in [0.3, 0.4) is 0 Å². The van der Waals surface area contributed by atoms with Crippen molar-refractivity contribution < 1.29 is 39.0 Å². The van der Waals surface area contributed by atoms with E-state index >= 15 is 0 Å². The fourth-order valence-corrected chi connectivity index (χ4v) is 3.96. The van der Waals surface area contributed by atoms with Gasteiger partial charge in [0.15, 0.2) is 5.96 Å². The third-order valence-electron chi connectivity index (χ3n) is 6.30. The van der Waals surface area contributed by atoms with E-state index in [1.807, 2.05) is 13.8 Å². The first-order valence-electron chi connectivity index (χ1n) is 14.4. The molecule has 4 atom stereocenters. The van der Waals surface area contributed by atoms with Crippen LogP contribution in [0.15, 0.2) is 24.3 Å². The number of carboxylic acid groups (broad SMARTS) is 1. The van der Waals surface area contributed by atoms with Crippen molar-refractivity contribution in [2.24, 2.45) is 17.4 Å². The number of carboxylic acids is 1. The van der Waals surface area contributed by atoms with Gasteiger partial charge in [-0.3, -0.25) is 34.2 Å². The zero-order chi connectivity index (χ0) is 34.1. The Morgan fingerprint density at radius 3 is 2.02 bits per heavy atom. The van der Waals surface area contributed by atoms with Gasteiger partial charge in [-0.15, -0.1) is 0 Å². The van der Waals surface area contributed by atoms with Crippen molar-refractivity contribution in [3.8, 4) is 5.75 Å². The number of rotatable bonds is 19. The van der Waals surface area contributed by atoms with Crippen LogP contribution in [-0.2, 0) is 35.2 Å². The van der Waals surface area contributed by atoms with Gasteiger partial charge in [-0.25, -0.2) is 0 Å². The van der Waals surface area contributed by atoms with E-state index in [1.165, 1.54) is 19.1 Å². The van der Waals surface area contributed by atoms with Gasteiger partial charge in [0, 0.05) is 13.0 Å². The van der Waals surface area contributed by atoms with Crippen molar-refractivity contribution in [3.63, 3.8) is 0 Å². The molecule has 17 heteroatoms. The van der Waals surface area contributed by atoms with E-state index in [9.17, 15) is 33.9 Å². The van der Waals surface area contributed by atoms with Gasteiger partial charge < -0.3 is 53.6 Å². The van der Waals surface area contributed by atoms with Gasteiger partial charge in [-0.05, 0) is 49.8 Å². The third-order valence-corrected chi connectivity index (χ3v) is 6.30. The molecule has 0 aliphatic rings. The summed E-state index contributed by atoms with van der Waals surface area (Å²) < 4.78 is 0. The number of phenolic OH excluding ortho intramolecular Hbond substituents is 1. The summed E-state index contributed by atoms with van der Waals surface area (Å²) in [6.07, 6.45) is 0.892. The van der Waals surface area contributed by atoms with E-state index in [-0.39, 0.29) is 36.9 Å². The molecule has 0 heterocycles. The number of amides is 5. The van der Waals surface area contributed by atoms with Crippen molar-refractivity contribution in [2.45, 2.75) is 70.6 Å². The molecule has 0 saturated carbocycles. The minimum atomic E-state index is -1.25. The van der Waals surface area contributed by atoms with Crippen LogP contribution >= 0.6 is 0 Å². The average Bonchev–Trinajstić information content (AvgIpc) is 2.96. The summed E-state index contributed by atoms with van der Waals surface area (Å²) in [4.78, 5) is 74.5. The van der Waals surface area contributed by atoms with Gasteiger partial charge in [0.05, 0.1) is 12.6 Å². The van der Waals surface area contributed by atoms with E-state index in [0.717, 1.165) is 0 Å². The lowest BCUT2D eigenvalue weighted by molar-refractivity contribution is -0.138. The first-order valence-corrected chi connectivity index (χ1v) is 14.4. The minimum absolute atomic E-state index is 0.00597. The number of carbonyl (C=O) groups is 6. The van der Waals surface area contributed by atoms with Gasteiger partial charge in [-0.2, -0.15) is 0 Å². The van der Waals surface area contributed by atoms with Crippen molar-refractivity contribution in [1.29, 1.82) is 5.41 Å². The molecule has 0 aliphatic carbocycles. The van der Waals surface area contributed by atoms with Gasteiger partial charge in [-0.1, -0.05) is 26.0 Å². The Morgan fingerprint density at radius 2 is 1.44 bits per heavy atom. The van der Waals surface area contributed by atoms with Gasteiger partial charge in [0.2, 0.25) is 29.5 Å². The molecule has 0 aromatic heterocycles. The van der Waals surface area contributed by atoms with Crippen molar-refractivity contribution >= 4 is 41.5 Å². The number of phenols is 1. The molecule has 1 rings (SSSR count). The van der Waals surface area contributed by atoms with Gasteiger partial charge in [0.25, 0.3) is 0 Å². The molecule has 5 amide bonds. The number of hydrogen-bond donors (Lipinski definition) is 11. The Balaban J connectivity index is 2.88. The molecule has 45 heavy (non-hydrogen) atoms. The third kappa shape index (κ3) is 15.9. The van der Waals surface area contributed by atoms with Crippen molar-refractivity contribution in [3.05, 3.63) is 29.8 Å². The SMILES string of the molecule is CC(C)C[C@H](NC(=O)[C@H](C)NC(=O)[C@H](Cc1ccc(O)cc1)NC(=O)CNC(=O)[C@@H](N)CCCNC(=N)N)C(=O)NCC(=O)O. The molecule has 0 bridgehead atoms. The molecule has 0 radical (unpaired) electrons. The van der Waals surface area contributed by atoms with Crippen LogP contribution in [0.4, 0.5) is 0 Å². The summed E-state index contributed by atoms with van der Waals surface area (Å²) in [7, 11) is 0. The van der Waals surface area contributed by atoms with Crippen LogP contribution < -0.4 is 43.4 Å². The summed E-state index contributed by atoms with van der Waals surface area (Å²) in [5, 5.41) is 40.3. The van der Waals surface area contributed by atoms with Gasteiger partial charge >= 0.3 is 5.97 Å². The minimum Gasteiger partial charge on any atom is -0.508 e. The van der Waals surface area contributed by atoms with E-state index < -0.39 is 72.8 Å². The summed E-state index contributed by atoms with van der Waals surface area (Å²) in [5.74, 6) is -4.94. The van der Waals surface area contributed by atoms with Crippen LogP contribution in [0.25, 0.3) is 0 Å². The molecule has 0 spiro atoms. The number of aromatic hydroxyl groups is 1. The summed E-state index contributed by atoms with van der Waals surface area (Å²) in [6.45, 7) is 4.24. The molecule has 1 aromatic rings. The Labute approximate surface area is 261 Å². The first-order chi connectivity index (χ1) is 21.1. The average molecular weight is 636 g/mol. The topological polar surface area (TPSA) is 291 Å². The fourth-order valence-electron chi connectivity index (χ4n) is 3.96. The smallest absolute Gasteiger partial charge is 0.322 e. The predicted molar refractivity (Wildman–Crippen MR) is 164 cm³/mol.